The number of nitrogens with one attached hydrogen (secondary N) is 2. The molecule has 0 aromatic heterocycles. The van der Waals surface area contributed by atoms with Crippen molar-refractivity contribution in [2.45, 2.75) is 12.5 Å². The van der Waals surface area contributed by atoms with E-state index in [0.717, 1.165) is 5.56 Å². The fourth-order valence-electron chi connectivity index (χ4n) is 2.37. The van der Waals surface area contributed by atoms with Crippen molar-refractivity contribution in [3.05, 3.63) is 69.8 Å². The van der Waals surface area contributed by atoms with Gasteiger partial charge in [-0.1, -0.05) is 30.3 Å². The molecule has 1 amide bonds. The van der Waals surface area contributed by atoms with Crippen LogP contribution in [0.5, 0.6) is 0 Å². The Kier molecular flexibility index (Phi) is 5.86. The third kappa shape index (κ3) is 4.30. The molecule has 7 heteroatoms. The number of carbonyl (C=O) groups excluding carboxylic acids is 1. The molecule has 7 nitrogen and oxygen atoms in total. The van der Waals surface area contributed by atoms with E-state index in [2.05, 4.69) is 10.6 Å². The predicted octanol–water partition coefficient (Wildman–Crippen LogP) is 1.97. The zero-order valence-corrected chi connectivity index (χ0v) is 13.2. The third-order valence-corrected chi connectivity index (χ3v) is 3.59. The average Bonchev–Trinajstić information content (AvgIpc) is 2.61. The number of carbonyl (C=O) groups is 1. The summed E-state index contributed by atoms with van der Waals surface area (Å²) in [7, 11) is 1.46. The first-order chi connectivity index (χ1) is 11.5. The SMILES string of the molecule is CNC(=O)c1ccc(N[C@@H](CO)Cc2ccccc2)c([N+](=O)[O-])c1. The van der Waals surface area contributed by atoms with E-state index in [0.29, 0.717) is 6.42 Å². The van der Waals surface area contributed by atoms with E-state index in [-0.39, 0.29) is 29.6 Å². The molecule has 3 N–H and O–H groups in total. The van der Waals surface area contributed by atoms with Gasteiger partial charge in [-0.25, -0.2) is 0 Å². The molecule has 24 heavy (non-hydrogen) atoms. The third-order valence-electron chi connectivity index (χ3n) is 3.59. The lowest BCUT2D eigenvalue weighted by Crippen LogP contribution is -2.27. The molecule has 1 atom stereocenters. The molecule has 0 aliphatic rings. The molecule has 0 aliphatic carbocycles. The largest absolute Gasteiger partial charge is 0.394 e. The summed E-state index contributed by atoms with van der Waals surface area (Å²) in [6.45, 7) is -0.177. The van der Waals surface area contributed by atoms with Gasteiger partial charge in [0, 0.05) is 18.7 Å². The topological polar surface area (TPSA) is 104 Å². The van der Waals surface area contributed by atoms with E-state index in [9.17, 15) is 20.0 Å². The number of nitro benzene ring substituents is 1. The van der Waals surface area contributed by atoms with Crippen LogP contribution in [-0.4, -0.2) is 35.6 Å². The highest BCUT2D eigenvalue weighted by Gasteiger charge is 2.19. The van der Waals surface area contributed by atoms with E-state index >= 15 is 0 Å². The number of amides is 1. The van der Waals surface area contributed by atoms with E-state index in [1.807, 2.05) is 30.3 Å². The van der Waals surface area contributed by atoms with Crippen molar-refractivity contribution < 1.29 is 14.8 Å². The molecule has 0 radical (unpaired) electrons. The van der Waals surface area contributed by atoms with E-state index in [4.69, 9.17) is 0 Å². The lowest BCUT2D eigenvalue weighted by molar-refractivity contribution is -0.384. The average molecular weight is 329 g/mol. The van der Waals surface area contributed by atoms with Gasteiger partial charge in [-0.3, -0.25) is 14.9 Å². The van der Waals surface area contributed by atoms with Gasteiger partial charge in [0.1, 0.15) is 5.69 Å². The number of aliphatic hydroxyl groups excluding tert-OH is 1. The van der Waals surface area contributed by atoms with E-state index < -0.39 is 10.8 Å². The lowest BCUT2D eigenvalue weighted by Gasteiger charge is -2.18. The van der Waals surface area contributed by atoms with Gasteiger partial charge in [0.25, 0.3) is 11.6 Å². The lowest BCUT2D eigenvalue weighted by atomic mass is 10.1. The smallest absolute Gasteiger partial charge is 0.293 e. The second kappa shape index (κ2) is 8.07. The Balaban J connectivity index is 2.23. The van der Waals surface area contributed by atoms with Crippen LogP contribution in [0.25, 0.3) is 0 Å². The van der Waals surface area contributed by atoms with Crippen LogP contribution in [0.15, 0.2) is 48.5 Å². The molecule has 0 heterocycles. The summed E-state index contributed by atoms with van der Waals surface area (Å²) in [6, 6.07) is 13.4. The summed E-state index contributed by atoms with van der Waals surface area (Å²) in [5.74, 6) is -0.396. The van der Waals surface area contributed by atoms with Gasteiger partial charge in [0.15, 0.2) is 0 Å². The van der Waals surface area contributed by atoms with Crippen LogP contribution in [0, 0.1) is 10.1 Å². The van der Waals surface area contributed by atoms with Gasteiger partial charge in [-0.2, -0.15) is 0 Å². The Morgan fingerprint density at radius 2 is 1.96 bits per heavy atom. The van der Waals surface area contributed by atoms with Crippen molar-refractivity contribution in [3.63, 3.8) is 0 Å². The summed E-state index contributed by atoms with van der Waals surface area (Å²) in [4.78, 5) is 22.4. The molecule has 0 aliphatic heterocycles. The van der Waals surface area contributed by atoms with Crippen molar-refractivity contribution >= 4 is 17.3 Å². The molecule has 0 unspecified atom stereocenters. The van der Waals surface area contributed by atoms with Crippen molar-refractivity contribution in [2.24, 2.45) is 0 Å². The number of hydrogen-bond acceptors (Lipinski definition) is 5. The second-order valence-corrected chi connectivity index (χ2v) is 5.28. The van der Waals surface area contributed by atoms with Crippen LogP contribution >= 0.6 is 0 Å². The van der Waals surface area contributed by atoms with Crippen LogP contribution in [0.2, 0.25) is 0 Å². The van der Waals surface area contributed by atoms with Crippen molar-refractivity contribution in [3.8, 4) is 0 Å². The maximum Gasteiger partial charge on any atom is 0.293 e. The molecule has 0 spiro atoms. The van der Waals surface area contributed by atoms with Crippen LogP contribution in [-0.2, 0) is 6.42 Å². The van der Waals surface area contributed by atoms with Crippen LogP contribution in [0.1, 0.15) is 15.9 Å². The van der Waals surface area contributed by atoms with Gasteiger partial charge >= 0.3 is 0 Å². The standard InChI is InChI=1S/C17H19N3O4/c1-18-17(22)13-7-8-15(16(10-13)20(23)24)19-14(11-21)9-12-5-3-2-4-6-12/h2-8,10,14,19,21H,9,11H2,1H3,(H,18,22)/t14-/m1/s1. The molecule has 2 aromatic rings. The predicted molar refractivity (Wildman–Crippen MR) is 91.1 cm³/mol. The summed E-state index contributed by atoms with van der Waals surface area (Å²) in [5, 5.41) is 26.3. The summed E-state index contributed by atoms with van der Waals surface area (Å²) in [5.41, 5.74) is 1.28. The minimum atomic E-state index is -0.550. The number of hydrogen-bond donors (Lipinski definition) is 3. The fraction of sp³-hybridized carbons (Fsp3) is 0.235. The number of aliphatic hydroxyl groups is 1. The molecule has 2 rings (SSSR count). The molecule has 0 saturated heterocycles. The van der Waals surface area contributed by atoms with Crippen molar-refractivity contribution in [2.75, 3.05) is 19.0 Å². The fourth-order valence-corrected chi connectivity index (χ4v) is 2.37. The van der Waals surface area contributed by atoms with E-state index in [1.165, 1.54) is 25.2 Å². The quantitative estimate of drug-likeness (QED) is 0.532. The van der Waals surface area contributed by atoms with Crippen LogP contribution in [0.3, 0.4) is 0 Å². The maximum atomic E-state index is 11.6. The highest BCUT2D eigenvalue weighted by Crippen LogP contribution is 2.26. The maximum absolute atomic E-state index is 11.6. The van der Waals surface area contributed by atoms with Crippen molar-refractivity contribution in [1.82, 2.24) is 5.32 Å². The summed E-state index contributed by atoms with van der Waals surface area (Å²) < 4.78 is 0. The number of benzene rings is 2. The molecule has 0 bridgehead atoms. The van der Waals surface area contributed by atoms with Crippen molar-refractivity contribution in [1.29, 1.82) is 0 Å². The summed E-state index contributed by atoms with van der Waals surface area (Å²) in [6.07, 6.45) is 0.520. The van der Waals surface area contributed by atoms with Gasteiger partial charge in [0.2, 0.25) is 0 Å². The molecule has 0 fully saturated rings. The van der Waals surface area contributed by atoms with Gasteiger partial charge in [-0.15, -0.1) is 0 Å². The summed E-state index contributed by atoms with van der Waals surface area (Å²) >= 11 is 0. The zero-order chi connectivity index (χ0) is 17.5. The first-order valence-electron chi connectivity index (χ1n) is 7.47. The Morgan fingerprint density at radius 1 is 1.25 bits per heavy atom. The molecule has 126 valence electrons. The Hall–Kier alpha value is -2.93. The molecular formula is C17H19N3O4. The normalized spacial score (nSPS) is 11.6. The first kappa shape index (κ1) is 17.4. The van der Waals surface area contributed by atoms with E-state index in [1.54, 1.807) is 0 Å². The second-order valence-electron chi connectivity index (χ2n) is 5.28. The van der Waals surface area contributed by atoms with Crippen LogP contribution in [0.4, 0.5) is 11.4 Å². The number of nitro groups is 1. The minimum absolute atomic E-state index is 0.177. The monoisotopic (exact) mass is 329 g/mol. The number of nitrogens with zero attached hydrogens (tertiary/aromatic N) is 1. The Labute approximate surface area is 139 Å². The molecule has 2 aromatic carbocycles. The van der Waals surface area contributed by atoms with Gasteiger partial charge in [-0.05, 0) is 24.1 Å². The highest BCUT2D eigenvalue weighted by molar-refractivity contribution is 5.95. The number of anilines is 1. The minimum Gasteiger partial charge on any atom is -0.394 e. The van der Waals surface area contributed by atoms with Crippen LogP contribution < -0.4 is 10.6 Å². The molecular weight excluding hydrogens is 310 g/mol. The van der Waals surface area contributed by atoms with Gasteiger partial charge in [0.05, 0.1) is 17.6 Å². The van der Waals surface area contributed by atoms with Gasteiger partial charge < -0.3 is 15.7 Å². The highest BCUT2D eigenvalue weighted by atomic mass is 16.6. The zero-order valence-electron chi connectivity index (χ0n) is 13.2. The Morgan fingerprint density at radius 3 is 2.54 bits per heavy atom. The molecule has 0 saturated carbocycles. The first-order valence-corrected chi connectivity index (χ1v) is 7.47. The number of rotatable bonds is 7. The Bertz CT molecular complexity index is 719.